The van der Waals surface area contributed by atoms with E-state index in [1.165, 1.54) is 17.1 Å². The number of rotatable bonds is 11. The van der Waals surface area contributed by atoms with Crippen molar-refractivity contribution in [3.63, 3.8) is 0 Å². The number of likely N-dealkylation sites (tertiary alicyclic amines) is 1. The van der Waals surface area contributed by atoms with Gasteiger partial charge < -0.3 is 14.4 Å². The highest BCUT2D eigenvalue weighted by Gasteiger charge is 2.27. The van der Waals surface area contributed by atoms with Crippen LogP contribution in [0.15, 0.2) is 65.8 Å². The van der Waals surface area contributed by atoms with Gasteiger partial charge in [0.1, 0.15) is 11.5 Å². The summed E-state index contributed by atoms with van der Waals surface area (Å²) in [6, 6.07) is 16.4. The van der Waals surface area contributed by atoms with Gasteiger partial charge in [0.25, 0.3) is 10.0 Å². The van der Waals surface area contributed by atoms with E-state index in [0.717, 1.165) is 42.3 Å². The maximum Gasteiger partial charge on any atom is 0.262 e. The molecule has 2 heterocycles. The van der Waals surface area contributed by atoms with Crippen molar-refractivity contribution in [2.75, 3.05) is 33.9 Å². The number of hydrogen-bond donors (Lipinski definition) is 0. The zero-order valence-corrected chi connectivity index (χ0v) is 20.6. The van der Waals surface area contributed by atoms with Crippen molar-refractivity contribution in [3.05, 3.63) is 71.9 Å². The fourth-order valence-corrected chi connectivity index (χ4v) is 5.43. The number of aromatic nitrogens is 2. The number of nitrogens with zero attached hydrogens (tertiary/aromatic N) is 4. The van der Waals surface area contributed by atoms with Gasteiger partial charge in [0, 0.05) is 25.8 Å². The van der Waals surface area contributed by atoms with Gasteiger partial charge in [-0.15, -0.1) is 0 Å². The van der Waals surface area contributed by atoms with Crippen LogP contribution in [0, 0.1) is 0 Å². The molecule has 1 saturated heterocycles. The topological polar surface area (TPSA) is 76.9 Å². The Labute approximate surface area is 201 Å². The molecule has 0 aliphatic carbocycles. The third-order valence-corrected chi connectivity index (χ3v) is 7.78. The first-order chi connectivity index (χ1) is 16.5. The summed E-state index contributed by atoms with van der Waals surface area (Å²) in [6.45, 7) is 4.20. The highest BCUT2D eigenvalue weighted by molar-refractivity contribution is 7.89. The Bertz CT molecular complexity index is 1100. The highest BCUT2D eigenvalue weighted by atomic mass is 32.2. The molecule has 0 saturated carbocycles. The fraction of sp³-hybridized carbons (Fsp3) is 0.400. The summed E-state index contributed by atoms with van der Waals surface area (Å²) < 4.78 is 41.0. The average Bonchev–Trinajstić information content (AvgIpc) is 3.56. The summed E-state index contributed by atoms with van der Waals surface area (Å²) in [5.41, 5.74) is 1.73. The van der Waals surface area contributed by atoms with Gasteiger partial charge in [-0.25, -0.2) is 8.42 Å². The Kier molecular flexibility index (Phi) is 7.87. The monoisotopic (exact) mass is 484 g/mol. The van der Waals surface area contributed by atoms with Gasteiger partial charge in [0.2, 0.25) is 0 Å². The summed E-state index contributed by atoms with van der Waals surface area (Å²) in [5.74, 6) is 1.45. The van der Waals surface area contributed by atoms with Crippen LogP contribution >= 0.6 is 0 Å². The van der Waals surface area contributed by atoms with Gasteiger partial charge in [-0.05, 0) is 67.4 Å². The lowest BCUT2D eigenvalue weighted by atomic mass is 10.2. The quantitative estimate of drug-likeness (QED) is 0.415. The summed E-state index contributed by atoms with van der Waals surface area (Å²) in [6.07, 6.45) is 4.21. The van der Waals surface area contributed by atoms with Crippen molar-refractivity contribution in [1.29, 1.82) is 0 Å². The summed E-state index contributed by atoms with van der Waals surface area (Å²) in [7, 11) is -0.607. The predicted molar refractivity (Wildman–Crippen MR) is 130 cm³/mol. The van der Waals surface area contributed by atoms with Gasteiger partial charge in [0.05, 0.1) is 20.8 Å². The standard InChI is InChI=1S/C25H32N4O4S/c1-32-23-9-5-21(6-10-23)19-29(20-22-7-11-24(33-2)12-8-22)34(30,31)25-13-16-28(26-25)18-17-27-14-3-4-15-27/h5-13,16H,3-4,14-15,17-20H2,1-2H3. The number of benzene rings is 2. The first-order valence-electron chi connectivity index (χ1n) is 11.5. The lowest BCUT2D eigenvalue weighted by Crippen LogP contribution is -2.31. The van der Waals surface area contributed by atoms with E-state index in [4.69, 9.17) is 9.47 Å². The van der Waals surface area contributed by atoms with Crippen molar-refractivity contribution in [2.24, 2.45) is 0 Å². The molecule has 0 spiro atoms. The van der Waals surface area contributed by atoms with Crippen LogP contribution in [-0.2, 0) is 29.7 Å². The van der Waals surface area contributed by atoms with E-state index in [-0.39, 0.29) is 18.1 Å². The molecule has 1 aliphatic rings. The first kappa shape index (κ1) is 24.3. The van der Waals surface area contributed by atoms with Gasteiger partial charge in [-0.1, -0.05) is 24.3 Å². The zero-order valence-electron chi connectivity index (χ0n) is 19.8. The fourth-order valence-electron chi connectivity index (χ4n) is 4.08. The van der Waals surface area contributed by atoms with Crippen LogP contribution in [0.4, 0.5) is 0 Å². The zero-order chi connectivity index (χ0) is 24.0. The molecule has 0 unspecified atom stereocenters. The molecule has 3 aromatic rings. The minimum Gasteiger partial charge on any atom is -0.497 e. The van der Waals surface area contributed by atoms with E-state index < -0.39 is 10.0 Å². The van der Waals surface area contributed by atoms with Gasteiger partial charge >= 0.3 is 0 Å². The van der Waals surface area contributed by atoms with Gasteiger partial charge in [0.15, 0.2) is 5.03 Å². The second-order valence-corrected chi connectivity index (χ2v) is 10.3. The summed E-state index contributed by atoms with van der Waals surface area (Å²) in [5, 5.41) is 4.49. The minimum atomic E-state index is -3.82. The molecule has 8 nitrogen and oxygen atoms in total. The highest BCUT2D eigenvalue weighted by Crippen LogP contribution is 2.22. The second kappa shape index (κ2) is 11.0. The molecule has 1 aromatic heterocycles. The third kappa shape index (κ3) is 5.97. The molecule has 4 rings (SSSR count). The van der Waals surface area contributed by atoms with Gasteiger partial charge in [-0.3, -0.25) is 4.68 Å². The van der Waals surface area contributed by atoms with E-state index in [1.54, 1.807) is 31.2 Å². The normalized spacial score (nSPS) is 14.6. The average molecular weight is 485 g/mol. The van der Waals surface area contributed by atoms with Crippen LogP contribution in [-0.4, -0.2) is 61.3 Å². The van der Waals surface area contributed by atoms with Gasteiger partial charge in [-0.2, -0.15) is 9.40 Å². The van der Waals surface area contributed by atoms with E-state index in [2.05, 4.69) is 10.00 Å². The molecule has 0 atom stereocenters. The molecular formula is C25H32N4O4S. The van der Waals surface area contributed by atoms with E-state index in [1.807, 2.05) is 48.5 Å². The lowest BCUT2D eigenvalue weighted by molar-refractivity contribution is 0.314. The largest absolute Gasteiger partial charge is 0.497 e. The van der Waals surface area contributed by atoms with Crippen molar-refractivity contribution in [3.8, 4) is 11.5 Å². The number of sulfonamides is 1. The minimum absolute atomic E-state index is 0.0657. The maximum absolute atomic E-state index is 13.7. The van der Waals surface area contributed by atoms with Crippen LogP contribution in [0.1, 0.15) is 24.0 Å². The van der Waals surface area contributed by atoms with Crippen LogP contribution in [0.25, 0.3) is 0 Å². The molecule has 182 valence electrons. The Morgan fingerprint density at radius 2 is 1.35 bits per heavy atom. The predicted octanol–water partition coefficient (Wildman–Crippen LogP) is 3.39. The maximum atomic E-state index is 13.7. The second-order valence-electron chi connectivity index (χ2n) is 8.44. The van der Waals surface area contributed by atoms with E-state index in [0.29, 0.717) is 6.54 Å². The van der Waals surface area contributed by atoms with E-state index >= 15 is 0 Å². The summed E-state index contributed by atoms with van der Waals surface area (Å²) in [4.78, 5) is 2.38. The molecule has 0 N–H and O–H groups in total. The molecule has 34 heavy (non-hydrogen) atoms. The molecule has 2 aromatic carbocycles. The van der Waals surface area contributed by atoms with Crippen LogP contribution in [0.3, 0.4) is 0 Å². The molecule has 0 radical (unpaired) electrons. The Morgan fingerprint density at radius 1 is 0.824 bits per heavy atom. The molecule has 9 heteroatoms. The number of methoxy groups -OCH3 is 2. The van der Waals surface area contributed by atoms with Crippen LogP contribution < -0.4 is 9.47 Å². The molecule has 1 fully saturated rings. The molecular weight excluding hydrogens is 452 g/mol. The lowest BCUT2D eigenvalue weighted by Gasteiger charge is -2.22. The van der Waals surface area contributed by atoms with Crippen LogP contribution in [0.2, 0.25) is 0 Å². The van der Waals surface area contributed by atoms with Crippen molar-refractivity contribution in [1.82, 2.24) is 19.0 Å². The van der Waals surface area contributed by atoms with E-state index in [9.17, 15) is 8.42 Å². The smallest absolute Gasteiger partial charge is 0.262 e. The molecule has 0 bridgehead atoms. The molecule has 0 amide bonds. The van der Waals surface area contributed by atoms with Crippen LogP contribution in [0.5, 0.6) is 11.5 Å². The molecule has 1 aliphatic heterocycles. The summed E-state index contributed by atoms with van der Waals surface area (Å²) >= 11 is 0. The Morgan fingerprint density at radius 3 is 1.85 bits per heavy atom. The Balaban J connectivity index is 1.55. The van der Waals surface area contributed by atoms with Crippen molar-refractivity contribution in [2.45, 2.75) is 37.5 Å². The SMILES string of the molecule is COc1ccc(CN(Cc2ccc(OC)cc2)S(=O)(=O)c2ccn(CCN3CCCC3)n2)cc1. The first-order valence-corrected chi connectivity index (χ1v) is 12.9. The van der Waals surface area contributed by atoms with Crippen molar-refractivity contribution < 1.29 is 17.9 Å². The Hall–Kier alpha value is -2.88. The third-order valence-electron chi connectivity index (χ3n) is 6.10. The van der Waals surface area contributed by atoms with Crippen molar-refractivity contribution >= 4 is 10.0 Å². The number of ether oxygens (including phenoxy) is 2. The number of hydrogen-bond acceptors (Lipinski definition) is 6.